The molecule has 1 aliphatic heterocycles. The fraction of sp³-hybridized carbons (Fsp3) is 1.00. The van der Waals surface area contributed by atoms with Gasteiger partial charge in [-0.25, -0.2) is 9.76 Å². The molecule has 1 saturated heterocycles. The lowest BCUT2D eigenvalue weighted by molar-refractivity contribution is 0.227. The van der Waals surface area contributed by atoms with Crippen molar-refractivity contribution >= 4 is 42.6 Å². The minimum Gasteiger partial charge on any atom is -0.306 e. The molecule has 1 rings (SSSR count). The van der Waals surface area contributed by atoms with Gasteiger partial charge in [-0.15, -0.1) is 35.0 Å². The van der Waals surface area contributed by atoms with E-state index >= 15 is 0 Å². The van der Waals surface area contributed by atoms with E-state index in [2.05, 4.69) is 5.09 Å². The molecule has 16 heavy (non-hydrogen) atoms. The smallest absolute Gasteiger partial charge is 0.306 e. The van der Waals surface area contributed by atoms with Crippen molar-refractivity contribution in [1.82, 2.24) is 9.76 Å². The molecule has 96 valence electrons. The average molecular weight is 307 g/mol. The van der Waals surface area contributed by atoms with Gasteiger partial charge in [-0.05, 0) is 12.7 Å². The molecule has 2 atom stereocenters. The highest BCUT2D eigenvalue weighted by atomic mass is 35.5. The second-order valence-corrected chi connectivity index (χ2v) is 7.25. The average Bonchev–Trinajstić information content (AvgIpc) is 2.29. The minimum atomic E-state index is -2.94. The predicted octanol–water partition coefficient (Wildman–Crippen LogP) is 2.57. The summed E-state index contributed by atoms with van der Waals surface area (Å²) < 4.78 is 19.7. The lowest BCUT2D eigenvalue weighted by atomic mass is 10.5. The first-order valence-electron chi connectivity index (χ1n) is 5.09. The van der Waals surface area contributed by atoms with Gasteiger partial charge < -0.3 is 4.52 Å². The fourth-order valence-electron chi connectivity index (χ4n) is 1.47. The van der Waals surface area contributed by atoms with Crippen LogP contribution in [0.4, 0.5) is 0 Å². The molecule has 0 radical (unpaired) electrons. The van der Waals surface area contributed by atoms with Gasteiger partial charge in [0.05, 0.1) is 12.0 Å². The van der Waals surface area contributed by atoms with E-state index < -0.39 is 7.67 Å². The molecule has 1 N–H and O–H groups in total. The number of alkyl halides is 2. The third kappa shape index (κ3) is 4.05. The molecule has 0 aromatic rings. The lowest BCUT2D eigenvalue weighted by Gasteiger charge is -2.36. The van der Waals surface area contributed by atoms with Gasteiger partial charge in [0.25, 0.3) is 0 Å². The standard InChI is InChI=1S/C8H17Cl2N2O2PS/c1-16-8-2-7-14-15(13,11-8)12(5-3-9)6-4-10/h8H,2-7H2,1H3,(H,11,13). The highest BCUT2D eigenvalue weighted by Crippen LogP contribution is 2.50. The summed E-state index contributed by atoms with van der Waals surface area (Å²) in [5.74, 6) is 0.825. The van der Waals surface area contributed by atoms with Crippen molar-refractivity contribution in [3.8, 4) is 0 Å². The number of halogens is 2. The molecule has 0 saturated carbocycles. The van der Waals surface area contributed by atoms with Gasteiger partial charge in [0.2, 0.25) is 0 Å². The quantitative estimate of drug-likeness (QED) is 0.603. The van der Waals surface area contributed by atoms with Gasteiger partial charge in [0.15, 0.2) is 0 Å². The van der Waals surface area contributed by atoms with Gasteiger partial charge in [-0.3, -0.25) is 4.57 Å². The summed E-state index contributed by atoms with van der Waals surface area (Å²) in [5.41, 5.74) is 0. The third-order valence-corrected chi connectivity index (χ3v) is 6.05. The van der Waals surface area contributed by atoms with E-state index in [0.717, 1.165) is 6.42 Å². The van der Waals surface area contributed by atoms with Crippen LogP contribution in [0.1, 0.15) is 6.42 Å². The molecule has 4 nitrogen and oxygen atoms in total. The summed E-state index contributed by atoms with van der Waals surface area (Å²) in [6.07, 6.45) is 2.85. The highest BCUT2D eigenvalue weighted by molar-refractivity contribution is 7.99. The molecule has 0 spiro atoms. The fourth-order valence-corrected chi connectivity index (χ4v) is 5.24. The Morgan fingerprint density at radius 3 is 2.62 bits per heavy atom. The van der Waals surface area contributed by atoms with Gasteiger partial charge in [0, 0.05) is 24.8 Å². The van der Waals surface area contributed by atoms with E-state index in [1.807, 2.05) is 6.26 Å². The van der Waals surface area contributed by atoms with Gasteiger partial charge >= 0.3 is 7.67 Å². The van der Waals surface area contributed by atoms with Crippen molar-refractivity contribution in [2.24, 2.45) is 0 Å². The van der Waals surface area contributed by atoms with Crippen molar-refractivity contribution in [1.29, 1.82) is 0 Å². The maximum atomic E-state index is 12.5. The van der Waals surface area contributed by atoms with Crippen LogP contribution < -0.4 is 5.09 Å². The van der Waals surface area contributed by atoms with Crippen LogP contribution in [-0.4, -0.2) is 47.8 Å². The Morgan fingerprint density at radius 2 is 2.12 bits per heavy atom. The van der Waals surface area contributed by atoms with Crippen LogP contribution in [0.3, 0.4) is 0 Å². The maximum absolute atomic E-state index is 12.5. The van der Waals surface area contributed by atoms with E-state index in [9.17, 15) is 4.57 Å². The summed E-state index contributed by atoms with van der Waals surface area (Å²) in [6.45, 7) is 1.54. The third-order valence-electron chi connectivity index (χ3n) is 2.30. The van der Waals surface area contributed by atoms with Crippen LogP contribution in [0.15, 0.2) is 0 Å². The SMILES string of the molecule is CSC1CCOP(=O)(N(CCCl)CCCl)N1. The Hall–Kier alpha value is 1.04. The summed E-state index contributed by atoms with van der Waals surface area (Å²) in [5, 5.41) is 3.23. The molecule has 1 heterocycles. The van der Waals surface area contributed by atoms with E-state index in [1.165, 1.54) is 0 Å². The number of nitrogens with one attached hydrogen (secondary N) is 1. The van der Waals surface area contributed by atoms with Crippen molar-refractivity contribution in [2.45, 2.75) is 11.8 Å². The van der Waals surface area contributed by atoms with Crippen LogP contribution in [-0.2, 0) is 9.09 Å². The van der Waals surface area contributed by atoms with Gasteiger partial charge in [-0.1, -0.05) is 0 Å². The summed E-state index contributed by atoms with van der Waals surface area (Å²) >= 11 is 13.0. The van der Waals surface area contributed by atoms with Crippen LogP contribution in [0.2, 0.25) is 0 Å². The first-order chi connectivity index (χ1) is 7.66. The minimum absolute atomic E-state index is 0.174. The van der Waals surface area contributed by atoms with E-state index in [0.29, 0.717) is 31.5 Å². The molecule has 0 bridgehead atoms. The van der Waals surface area contributed by atoms with Gasteiger partial charge in [0.1, 0.15) is 0 Å². The predicted molar refractivity (Wildman–Crippen MR) is 71.6 cm³/mol. The Morgan fingerprint density at radius 1 is 1.50 bits per heavy atom. The van der Waals surface area contributed by atoms with E-state index in [1.54, 1.807) is 16.4 Å². The lowest BCUT2D eigenvalue weighted by Crippen LogP contribution is -2.39. The zero-order valence-electron chi connectivity index (χ0n) is 9.20. The molecule has 0 aromatic heterocycles. The molecule has 1 fully saturated rings. The Labute approximate surface area is 111 Å². The van der Waals surface area contributed by atoms with Crippen LogP contribution >= 0.6 is 42.6 Å². The normalized spacial score (nSPS) is 30.9. The zero-order valence-corrected chi connectivity index (χ0v) is 12.4. The van der Waals surface area contributed by atoms with Gasteiger partial charge in [-0.2, -0.15) is 0 Å². The monoisotopic (exact) mass is 306 g/mol. The highest BCUT2D eigenvalue weighted by Gasteiger charge is 2.36. The maximum Gasteiger partial charge on any atom is 0.344 e. The summed E-state index contributed by atoms with van der Waals surface area (Å²) in [6, 6.07) is 0. The molecule has 0 amide bonds. The molecule has 2 unspecified atom stereocenters. The largest absolute Gasteiger partial charge is 0.344 e. The molecule has 0 aliphatic carbocycles. The summed E-state index contributed by atoms with van der Waals surface area (Å²) in [7, 11) is -2.94. The number of nitrogens with zero attached hydrogens (tertiary/aromatic N) is 1. The zero-order chi connectivity index (χ0) is 12.0. The summed E-state index contributed by atoms with van der Waals surface area (Å²) in [4.78, 5) is 0. The Bertz CT molecular complexity index is 254. The van der Waals surface area contributed by atoms with Crippen LogP contribution in [0, 0.1) is 0 Å². The topological polar surface area (TPSA) is 41.6 Å². The molecular weight excluding hydrogens is 290 g/mol. The first kappa shape index (κ1) is 15.1. The molecular formula is C8H17Cl2N2O2PS. The van der Waals surface area contributed by atoms with E-state index in [-0.39, 0.29) is 5.37 Å². The number of hydrogen-bond donors (Lipinski definition) is 1. The van der Waals surface area contributed by atoms with Crippen molar-refractivity contribution < 1.29 is 9.09 Å². The number of hydrogen-bond acceptors (Lipinski definition) is 3. The van der Waals surface area contributed by atoms with Crippen molar-refractivity contribution in [3.05, 3.63) is 0 Å². The first-order valence-corrected chi connectivity index (χ1v) is 9.02. The van der Waals surface area contributed by atoms with Crippen molar-refractivity contribution in [3.63, 3.8) is 0 Å². The number of rotatable bonds is 6. The second-order valence-electron chi connectivity index (χ2n) is 3.33. The number of thioether (sulfide) groups is 1. The molecule has 0 aromatic carbocycles. The van der Waals surface area contributed by atoms with Crippen LogP contribution in [0.5, 0.6) is 0 Å². The Balaban J connectivity index is 2.67. The molecule has 8 heteroatoms. The molecule has 1 aliphatic rings. The van der Waals surface area contributed by atoms with E-state index in [4.69, 9.17) is 27.7 Å². The van der Waals surface area contributed by atoms with Crippen LogP contribution in [0.25, 0.3) is 0 Å². The second kappa shape index (κ2) is 7.47. The van der Waals surface area contributed by atoms with Crippen molar-refractivity contribution in [2.75, 3.05) is 37.7 Å². The Kier molecular flexibility index (Phi) is 7.05.